The fraction of sp³-hybridized carbons (Fsp3) is 0.684. The van der Waals surface area contributed by atoms with E-state index in [9.17, 15) is 9.90 Å². The quantitative estimate of drug-likeness (QED) is 0.829. The monoisotopic (exact) mass is 397 g/mol. The van der Waals surface area contributed by atoms with E-state index < -0.39 is 0 Å². The van der Waals surface area contributed by atoms with E-state index in [2.05, 4.69) is 14.8 Å². The molecule has 3 fully saturated rings. The molecule has 1 amide bonds. The van der Waals surface area contributed by atoms with Crippen LogP contribution in [0.2, 0.25) is 10.0 Å². The molecular formula is C19H25Cl2N3O2. The van der Waals surface area contributed by atoms with Crippen molar-refractivity contribution in [1.29, 1.82) is 0 Å². The number of anilines is 1. The van der Waals surface area contributed by atoms with E-state index in [1.54, 1.807) is 12.3 Å². The Hall–Kier alpha value is -1.04. The third-order valence-electron chi connectivity index (χ3n) is 6.32. The molecule has 1 spiro atoms. The van der Waals surface area contributed by atoms with Crippen LogP contribution in [-0.2, 0) is 4.79 Å². The predicted octanol–water partition coefficient (Wildman–Crippen LogP) is 3.51. The van der Waals surface area contributed by atoms with Gasteiger partial charge in [-0.2, -0.15) is 0 Å². The van der Waals surface area contributed by atoms with Gasteiger partial charge in [0.25, 0.3) is 0 Å². The highest BCUT2D eigenvalue weighted by atomic mass is 35.5. The Morgan fingerprint density at radius 1 is 1.15 bits per heavy atom. The summed E-state index contributed by atoms with van der Waals surface area (Å²) >= 11 is 12.3. The van der Waals surface area contributed by atoms with E-state index in [1.165, 1.54) is 0 Å². The SMILES string of the molecule is O=C1N([C@H]2CC[C@@H](O)CC2)CCC12CCCN(c1ncc(Cl)cc1Cl)C2. The number of likely N-dealkylation sites (tertiary alicyclic amines) is 1. The van der Waals surface area contributed by atoms with Crippen molar-refractivity contribution in [2.75, 3.05) is 24.5 Å². The van der Waals surface area contributed by atoms with Gasteiger partial charge >= 0.3 is 0 Å². The van der Waals surface area contributed by atoms with Gasteiger partial charge in [0, 0.05) is 31.9 Å². The highest BCUT2D eigenvalue weighted by molar-refractivity contribution is 6.36. The summed E-state index contributed by atoms with van der Waals surface area (Å²) in [6.45, 7) is 2.36. The van der Waals surface area contributed by atoms with Gasteiger partial charge in [-0.1, -0.05) is 23.2 Å². The summed E-state index contributed by atoms with van der Waals surface area (Å²) in [4.78, 5) is 22.0. The molecule has 2 saturated heterocycles. The van der Waals surface area contributed by atoms with Crippen LogP contribution in [0.25, 0.3) is 0 Å². The number of rotatable bonds is 2. The molecule has 7 heteroatoms. The minimum Gasteiger partial charge on any atom is -0.393 e. The number of aliphatic hydroxyl groups excluding tert-OH is 1. The Labute approximate surface area is 164 Å². The Morgan fingerprint density at radius 3 is 2.65 bits per heavy atom. The van der Waals surface area contributed by atoms with Crippen LogP contribution in [0, 0.1) is 5.41 Å². The van der Waals surface area contributed by atoms with Crippen LogP contribution >= 0.6 is 23.2 Å². The van der Waals surface area contributed by atoms with Crippen molar-refractivity contribution in [1.82, 2.24) is 9.88 Å². The van der Waals surface area contributed by atoms with E-state index in [1.807, 2.05) is 0 Å². The number of halogens is 2. The second-order valence-corrected chi connectivity index (χ2v) is 8.82. The number of carbonyl (C=O) groups is 1. The highest BCUT2D eigenvalue weighted by Gasteiger charge is 2.50. The van der Waals surface area contributed by atoms with Gasteiger partial charge in [0.05, 0.1) is 21.6 Å². The van der Waals surface area contributed by atoms with Crippen LogP contribution < -0.4 is 4.90 Å². The molecule has 3 aliphatic rings. The molecule has 0 aromatic carbocycles. The summed E-state index contributed by atoms with van der Waals surface area (Å²) in [7, 11) is 0. The molecule has 0 bridgehead atoms. The minimum atomic E-state index is -0.320. The van der Waals surface area contributed by atoms with Gasteiger partial charge in [0.1, 0.15) is 5.82 Å². The van der Waals surface area contributed by atoms with E-state index >= 15 is 0 Å². The van der Waals surface area contributed by atoms with Crippen molar-refractivity contribution < 1.29 is 9.90 Å². The lowest BCUT2D eigenvalue weighted by Gasteiger charge is -2.41. The molecule has 3 heterocycles. The lowest BCUT2D eigenvalue weighted by molar-refractivity contribution is -0.139. The molecule has 0 radical (unpaired) electrons. The number of amides is 1. The first kappa shape index (κ1) is 18.3. The Kier molecular flexibility index (Phi) is 5.06. The molecule has 26 heavy (non-hydrogen) atoms. The first-order chi connectivity index (χ1) is 12.5. The minimum absolute atomic E-state index is 0.193. The zero-order chi connectivity index (χ0) is 18.3. The number of pyridine rings is 1. The van der Waals surface area contributed by atoms with Crippen LogP contribution in [0.1, 0.15) is 44.9 Å². The van der Waals surface area contributed by atoms with Gasteiger partial charge in [-0.05, 0) is 51.0 Å². The molecule has 1 saturated carbocycles. The molecule has 1 atom stereocenters. The molecule has 142 valence electrons. The van der Waals surface area contributed by atoms with Crippen LogP contribution in [-0.4, -0.2) is 52.7 Å². The summed E-state index contributed by atoms with van der Waals surface area (Å²) < 4.78 is 0. The fourth-order valence-corrected chi connectivity index (χ4v) is 5.40. The molecule has 1 unspecified atom stereocenters. The number of carbonyl (C=O) groups excluding carboxylic acids is 1. The molecular weight excluding hydrogens is 373 g/mol. The number of aromatic nitrogens is 1. The second-order valence-electron chi connectivity index (χ2n) is 7.98. The molecule has 1 aliphatic carbocycles. The van der Waals surface area contributed by atoms with Crippen molar-refractivity contribution in [2.45, 2.75) is 57.1 Å². The normalized spacial score (nSPS) is 32.5. The number of hydrogen-bond donors (Lipinski definition) is 1. The maximum Gasteiger partial charge on any atom is 0.230 e. The van der Waals surface area contributed by atoms with E-state index in [0.29, 0.717) is 16.6 Å². The van der Waals surface area contributed by atoms with Crippen LogP contribution in [0.4, 0.5) is 5.82 Å². The van der Waals surface area contributed by atoms with E-state index in [0.717, 1.165) is 63.9 Å². The molecule has 1 aromatic rings. The van der Waals surface area contributed by atoms with Gasteiger partial charge in [-0.25, -0.2) is 4.98 Å². The van der Waals surface area contributed by atoms with Crippen molar-refractivity contribution in [3.05, 3.63) is 22.3 Å². The van der Waals surface area contributed by atoms with Gasteiger partial charge in [-0.15, -0.1) is 0 Å². The third-order valence-corrected chi connectivity index (χ3v) is 6.80. The highest BCUT2D eigenvalue weighted by Crippen LogP contribution is 2.44. The smallest absolute Gasteiger partial charge is 0.230 e. The topological polar surface area (TPSA) is 56.7 Å². The maximum atomic E-state index is 13.3. The Bertz CT molecular complexity index is 693. The summed E-state index contributed by atoms with van der Waals surface area (Å²) in [5, 5.41) is 10.8. The summed E-state index contributed by atoms with van der Waals surface area (Å²) in [6.07, 6.45) is 7.64. The number of nitrogens with zero attached hydrogens (tertiary/aromatic N) is 3. The summed E-state index contributed by atoms with van der Waals surface area (Å²) in [5.74, 6) is 1.01. The van der Waals surface area contributed by atoms with Crippen LogP contribution in [0.3, 0.4) is 0 Å². The third kappa shape index (κ3) is 3.30. The fourth-order valence-electron chi connectivity index (χ4n) is 4.90. The van der Waals surface area contributed by atoms with Gasteiger partial charge in [0.15, 0.2) is 0 Å². The maximum absolute atomic E-state index is 13.3. The summed E-state index contributed by atoms with van der Waals surface area (Å²) in [6, 6.07) is 2.00. The average molecular weight is 398 g/mol. The molecule has 5 nitrogen and oxygen atoms in total. The number of aliphatic hydroxyl groups is 1. The Morgan fingerprint density at radius 2 is 1.92 bits per heavy atom. The summed E-state index contributed by atoms with van der Waals surface area (Å²) in [5.41, 5.74) is -0.320. The lowest BCUT2D eigenvalue weighted by atomic mass is 9.78. The molecule has 1 N–H and O–H groups in total. The van der Waals surface area contributed by atoms with Gasteiger partial charge in [0.2, 0.25) is 5.91 Å². The van der Waals surface area contributed by atoms with E-state index in [4.69, 9.17) is 23.2 Å². The molecule has 1 aromatic heterocycles. The van der Waals surface area contributed by atoms with Crippen molar-refractivity contribution in [3.8, 4) is 0 Å². The van der Waals surface area contributed by atoms with Crippen molar-refractivity contribution >= 4 is 34.9 Å². The van der Waals surface area contributed by atoms with Crippen LogP contribution in [0.15, 0.2) is 12.3 Å². The first-order valence-corrected chi connectivity index (χ1v) is 10.3. The zero-order valence-electron chi connectivity index (χ0n) is 14.8. The molecule has 4 rings (SSSR count). The van der Waals surface area contributed by atoms with Crippen molar-refractivity contribution in [3.63, 3.8) is 0 Å². The van der Waals surface area contributed by atoms with Gasteiger partial charge < -0.3 is 14.9 Å². The number of piperidine rings is 1. The van der Waals surface area contributed by atoms with Gasteiger partial charge in [-0.3, -0.25) is 4.79 Å². The standard InChI is InChI=1S/C19H25Cl2N3O2/c20-13-10-16(21)17(22-11-13)23-8-1-6-19(12-23)7-9-24(18(19)26)14-2-4-15(25)5-3-14/h10-11,14-15,25H,1-9,12H2/t14-,15+,19?. The zero-order valence-corrected chi connectivity index (χ0v) is 16.3. The average Bonchev–Trinajstić information content (AvgIpc) is 2.92. The number of hydrogen-bond acceptors (Lipinski definition) is 4. The lowest BCUT2D eigenvalue weighted by Crippen LogP contribution is -2.50. The second kappa shape index (κ2) is 7.17. The largest absolute Gasteiger partial charge is 0.393 e. The molecule has 2 aliphatic heterocycles. The van der Waals surface area contributed by atoms with Crippen LogP contribution in [0.5, 0.6) is 0 Å². The first-order valence-electron chi connectivity index (χ1n) is 9.54. The van der Waals surface area contributed by atoms with E-state index in [-0.39, 0.29) is 23.5 Å². The Balaban J connectivity index is 1.50. The van der Waals surface area contributed by atoms with Crippen molar-refractivity contribution in [2.24, 2.45) is 5.41 Å². The predicted molar refractivity (Wildman–Crippen MR) is 103 cm³/mol.